The lowest BCUT2D eigenvalue weighted by molar-refractivity contribution is 0.306. The molecule has 0 spiro atoms. The Balaban J connectivity index is 1.41. The second kappa shape index (κ2) is 8.69. The highest BCUT2D eigenvalue weighted by molar-refractivity contribution is 5.54. The van der Waals surface area contributed by atoms with Crippen LogP contribution in [0.2, 0.25) is 0 Å². The number of hydrogen-bond acceptors (Lipinski definition) is 5. The fourth-order valence-corrected chi connectivity index (χ4v) is 3.13. The van der Waals surface area contributed by atoms with E-state index in [1.165, 1.54) is 10.2 Å². The van der Waals surface area contributed by atoms with Crippen LogP contribution in [0.1, 0.15) is 16.7 Å². The van der Waals surface area contributed by atoms with E-state index < -0.39 is 5.76 Å². The Kier molecular flexibility index (Phi) is 5.66. The van der Waals surface area contributed by atoms with Crippen molar-refractivity contribution in [1.29, 1.82) is 0 Å². The van der Waals surface area contributed by atoms with Gasteiger partial charge in [-0.15, -0.1) is 5.10 Å². The Hall–Kier alpha value is -3.80. The van der Waals surface area contributed by atoms with E-state index in [-0.39, 0.29) is 12.6 Å². The summed E-state index contributed by atoms with van der Waals surface area (Å²) in [6, 6.07) is 23.4. The summed E-state index contributed by atoms with van der Waals surface area (Å²) in [5, 5.41) is 7.52. The van der Waals surface area contributed by atoms with Crippen molar-refractivity contribution in [2.75, 3.05) is 5.32 Å². The van der Waals surface area contributed by atoms with Gasteiger partial charge in [0.1, 0.15) is 19.0 Å². The van der Waals surface area contributed by atoms with Gasteiger partial charge in [0.05, 0.1) is 0 Å². The highest BCUT2D eigenvalue weighted by Crippen LogP contribution is 2.21. The molecule has 152 valence electrons. The summed E-state index contributed by atoms with van der Waals surface area (Å²) in [5.74, 6) is 0.504. The first-order chi connectivity index (χ1) is 14.6. The van der Waals surface area contributed by atoms with Gasteiger partial charge in [-0.05, 0) is 55.3 Å². The maximum absolute atomic E-state index is 12.2. The van der Waals surface area contributed by atoms with Crippen LogP contribution in [0.25, 0.3) is 11.5 Å². The van der Waals surface area contributed by atoms with E-state index in [0.29, 0.717) is 12.2 Å². The fourth-order valence-electron chi connectivity index (χ4n) is 3.13. The second-order valence-corrected chi connectivity index (χ2v) is 7.12. The van der Waals surface area contributed by atoms with E-state index in [4.69, 9.17) is 9.15 Å². The second-order valence-electron chi connectivity index (χ2n) is 7.12. The van der Waals surface area contributed by atoms with Crippen molar-refractivity contribution in [3.8, 4) is 17.2 Å². The van der Waals surface area contributed by atoms with Gasteiger partial charge in [0, 0.05) is 11.3 Å². The molecule has 0 radical (unpaired) electrons. The number of rotatable bonds is 7. The number of ether oxygens (including phenoxy) is 1. The van der Waals surface area contributed by atoms with Gasteiger partial charge in [-0.2, -0.15) is 4.68 Å². The van der Waals surface area contributed by atoms with Gasteiger partial charge in [0.2, 0.25) is 5.89 Å². The molecule has 0 aliphatic heterocycles. The minimum Gasteiger partial charge on any atom is -0.489 e. The van der Waals surface area contributed by atoms with Crippen molar-refractivity contribution < 1.29 is 9.15 Å². The number of aromatic nitrogens is 2. The number of hydrogen-bond donors (Lipinski definition) is 1. The monoisotopic (exact) mass is 401 g/mol. The van der Waals surface area contributed by atoms with Crippen LogP contribution in [0.5, 0.6) is 5.75 Å². The summed E-state index contributed by atoms with van der Waals surface area (Å²) in [7, 11) is 0. The van der Waals surface area contributed by atoms with Crippen LogP contribution >= 0.6 is 0 Å². The van der Waals surface area contributed by atoms with Gasteiger partial charge in [-0.1, -0.05) is 48.0 Å². The topological polar surface area (TPSA) is 69.3 Å². The highest BCUT2D eigenvalue weighted by Gasteiger charge is 2.11. The number of aryl methyl sites for hydroxylation is 2. The molecule has 0 fully saturated rings. The van der Waals surface area contributed by atoms with Crippen LogP contribution in [0.4, 0.5) is 5.69 Å². The number of nitrogens with one attached hydrogen (secondary N) is 1. The van der Waals surface area contributed by atoms with E-state index in [2.05, 4.69) is 16.5 Å². The molecule has 1 aromatic heterocycles. The first kappa shape index (κ1) is 19.5. The lowest BCUT2D eigenvalue weighted by atomic mass is 10.1. The van der Waals surface area contributed by atoms with Crippen molar-refractivity contribution in [2.24, 2.45) is 0 Å². The summed E-state index contributed by atoms with van der Waals surface area (Å²) in [5.41, 5.74) is 5.07. The van der Waals surface area contributed by atoms with Crippen molar-refractivity contribution in [2.45, 2.75) is 27.1 Å². The average Bonchev–Trinajstić information content (AvgIpc) is 3.13. The first-order valence-corrected chi connectivity index (χ1v) is 9.75. The maximum Gasteiger partial charge on any atom is 0.439 e. The summed E-state index contributed by atoms with van der Waals surface area (Å²) in [4.78, 5) is 12.2. The van der Waals surface area contributed by atoms with E-state index in [9.17, 15) is 4.79 Å². The molecule has 0 amide bonds. The van der Waals surface area contributed by atoms with Gasteiger partial charge < -0.3 is 14.5 Å². The molecule has 0 bridgehead atoms. The molecule has 6 nitrogen and oxygen atoms in total. The van der Waals surface area contributed by atoms with Gasteiger partial charge in [-0.3, -0.25) is 0 Å². The third-order valence-corrected chi connectivity index (χ3v) is 4.76. The molecule has 3 aromatic carbocycles. The van der Waals surface area contributed by atoms with Crippen LogP contribution < -0.4 is 15.8 Å². The van der Waals surface area contributed by atoms with Crippen LogP contribution in [0, 0.1) is 13.8 Å². The van der Waals surface area contributed by atoms with E-state index in [1.54, 1.807) is 0 Å². The highest BCUT2D eigenvalue weighted by atomic mass is 16.5. The Morgan fingerprint density at radius 1 is 1.00 bits per heavy atom. The molecule has 6 heteroatoms. The predicted octanol–water partition coefficient (Wildman–Crippen LogP) is 4.77. The van der Waals surface area contributed by atoms with Crippen molar-refractivity contribution in [1.82, 2.24) is 9.78 Å². The number of benzene rings is 3. The van der Waals surface area contributed by atoms with Crippen LogP contribution in [-0.4, -0.2) is 9.78 Å². The van der Waals surface area contributed by atoms with Gasteiger partial charge >= 0.3 is 5.76 Å². The van der Waals surface area contributed by atoms with Crippen molar-refractivity contribution in [3.63, 3.8) is 0 Å². The Bertz CT molecular complexity index is 1180. The molecule has 0 saturated carbocycles. The van der Waals surface area contributed by atoms with Gasteiger partial charge in [-0.25, -0.2) is 4.79 Å². The Labute approximate surface area is 174 Å². The Morgan fingerprint density at radius 3 is 2.50 bits per heavy atom. The molecule has 0 atom stereocenters. The zero-order chi connectivity index (χ0) is 20.9. The summed E-state index contributed by atoms with van der Waals surface area (Å²) >= 11 is 0. The molecule has 0 aliphatic carbocycles. The molecule has 0 unspecified atom stereocenters. The lowest BCUT2D eigenvalue weighted by Gasteiger charge is -2.09. The van der Waals surface area contributed by atoms with Gasteiger partial charge in [0.25, 0.3) is 0 Å². The molecular formula is C24H23N3O3. The minimum atomic E-state index is -0.508. The summed E-state index contributed by atoms with van der Waals surface area (Å²) < 4.78 is 12.4. The average molecular weight is 401 g/mol. The molecule has 4 aromatic rings. The quantitative estimate of drug-likeness (QED) is 0.483. The van der Waals surface area contributed by atoms with Gasteiger partial charge in [0.15, 0.2) is 0 Å². The van der Waals surface area contributed by atoms with Crippen LogP contribution in [0.15, 0.2) is 82.0 Å². The van der Waals surface area contributed by atoms with E-state index in [0.717, 1.165) is 22.6 Å². The van der Waals surface area contributed by atoms with E-state index in [1.807, 2.05) is 80.6 Å². The van der Waals surface area contributed by atoms with Crippen LogP contribution in [-0.2, 0) is 13.3 Å². The smallest absolute Gasteiger partial charge is 0.439 e. The largest absolute Gasteiger partial charge is 0.489 e. The summed E-state index contributed by atoms with van der Waals surface area (Å²) in [6.45, 7) is 4.79. The molecular weight excluding hydrogens is 378 g/mol. The normalized spacial score (nSPS) is 10.7. The predicted molar refractivity (Wildman–Crippen MR) is 117 cm³/mol. The van der Waals surface area contributed by atoms with Crippen molar-refractivity contribution >= 4 is 5.69 Å². The molecule has 1 N–H and O–H groups in total. The molecule has 0 saturated heterocycles. The molecule has 0 aliphatic rings. The van der Waals surface area contributed by atoms with Crippen LogP contribution in [0.3, 0.4) is 0 Å². The number of anilines is 1. The summed E-state index contributed by atoms with van der Waals surface area (Å²) in [6.07, 6.45) is 0. The zero-order valence-electron chi connectivity index (χ0n) is 17.0. The third kappa shape index (κ3) is 4.60. The molecule has 30 heavy (non-hydrogen) atoms. The zero-order valence-corrected chi connectivity index (χ0v) is 17.0. The fraction of sp³-hybridized carbons (Fsp3) is 0.167. The standard InChI is InChI=1S/C24H23N3O3/c1-17-8-13-22(18(2)14-17)25-16-27-24(28)30-23(26-27)20-9-11-21(12-10-20)29-15-19-6-4-3-5-7-19/h3-14,25H,15-16H2,1-2H3. The SMILES string of the molecule is Cc1ccc(NCn2nc(-c3ccc(OCc4ccccc4)cc3)oc2=O)c(C)c1. The molecule has 1 heterocycles. The Morgan fingerprint density at radius 2 is 1.77 bits per heavy atom. The van der Waals surface area contributed by atoms with Crippen molar-refractivity contribution in [3.05, 3.63) is 100 Å². The molecule has 4 rings (SSSR count). The first-order valence-electron chi connectivity index (χ1n) is 9.75. The minimum absolute atomic E-state index is 0.227. The maximum atomic E-state index is 12.2. The lowest BCUT2D eigenvalue weighted by Crippen LogP contribution is -2.20. The van der Waals surface area contributed by atoms with E-state index >= 15 is 0 Å². The third-order valence-electron chi connectivity index (χ3n) is 4.76. The number of nitrogens with zero attached hydrogens (tertiary/aromatic N) is 2.